The molecular formula is C15H22N2O2. The van der Waals surface area contributed by atoms with Crippen molar-refractivity contribution in [1.82, 2.24) is 5.32 Å². The van der Waals surface area contributed by atoms with Gasteiger partial charge in [0.05, 0.1) is 5.56 Å². The number of rotatable bonds is 5. The van der Waals surface area contributed by atoms with Gasteiger partial charge in [0.1, 0.15) is 5.75 Å². The van der Waals surface area contributed by atoms with Crippen LogP contribution >= 0.6 is 0 Å². The minimum atomic E-state index is -0.208. The molecule has 1 aromatic carbocycles. The largest absolute Gasteiger partial charge is 0.508 e. The highest BCUT2D eigenvalue weighted by atomic mass is 16.3. The number of amides is 1. The molecule has 104 valence electrons. The van der Waals surface area contributed by atoms with Crippen molar-refractivity contribution in [2.45, 2.75) is 38.5 Å². The lowest BCUT2D eigenvalue weighted by Crippen LogP contribution is -2.25. The lowest BCUT2D eigenvalue weighted by atomic mass is 10.0. The van der Waals surface area contributed by atoms with Gasteiger partial charge in [0, 0.05) is 12.2 Å². The van der Waals surface area contributed by atoms with E-state index in [1.54, 1.807) is 6.07 Å². The second kappa shape index (κ2) is 6.45. The topological polar surface area (TPSA) is 75.3 Å². The number of hydrogen-bond acceptors (Lipinski definition) is 3. The van der Waals surface area contributed by atoms with Crippen LogP contribution in [0.15, 0.2) is 18.2 Å². The monoisotopic (exact) mass is 262 g/mol. The van der Waals surface area contributed by atoms with E-state index in [4.69, 9.17) is 5.73 Å². The molecule has 2 rings (SSSR count). The van der Waals surface area contributed by atoms with Crippen LogP contribution in [0.4, 0.5) is 5.69 Å². The molecule has 1 fully saturated rings. The van der Waals surface area contributed by atoms with Gasteiger partial charge in [0.15, 0.2) is 0 Å². The van der Waals surface area contributed by atoms with Gasteiger partial charge < -0.3 is 16.2 Å². The van der Waals surface area contributed by atoms with Gasteiger partial charge in [0.25, 0.3) is 5.91 Å². The van der Waals surface area contributed by atoms with E-state index in [1.807, 2.05) is 0 Å². The molecular weight excluding hydrogens is 240 g/mol. The van der Waals surface area contributed by atoms with Gasteiger partial charge in [-0.25, -0.2) is 0 Å². The summed E-state index contributed by atoms with van der Waals surface area (Å²) >= 11 is 0. The molecule has 4 nitrogen and oxygen atoms in total. The van der Waals surface area contributed by atoms with Crippen molar-refractivity contribution >= 4 is 11.6 Å². The first-order valence-electron chi connectivity index (χ1n) is 7.03. The van der Waals surface area contributed by atoms with Crippen molar-refractivity contribution in [3.8, 4) is 5.75 Å². The molecule has 4 N–H and O–H groups in total. The molecule has 0 saturated heterocycles. The number of hydrogen-bond donors (Lipinski definition) is 3. The third kappa shape index (κ3) is 3.88. The highest BCUT2D eigenvalue weighted by Crippen LogP contribution is 2.28. The minimum Gasteiger partial charge on any atom is -0.508 e. The number of nitrogen functional groups attached to an aromatic ring is 1. The highest BCUT2D eigenvalue weighted by molar-refractivity contribution is 5.99. The first-order chi connectivity index (χ1) is 9.16. The zero-order chi connectivity index (χ0) is 13.7. The van der Waals surface area contributed by atoms with Gasteiger partial charge >= 0.3 is 0 Å². The molecule has 0 aromatic heterocycles. The Labute approximate surface area is 114 Å². The number of anilines is 1. The summed E-state index contributed by atoms with van der Waals surface area (Å²) in [7, 11) is 0. The first kappa shape index (κ1) is 13.7. The normalized spacial score (nSPS) is 15.6. The third-order valence-electron chi connectivity index (χ3n) is 3.83. The molecule has 1 saturated carbocycles. The number of nitrogens with one attached hydrogen (secondary N) is 1. The van der Waals surface area contributed by atoms with Crippen LogP contribution in [0, 0.1) is 5.92 Å². The Morgan fingerprint density at radius 3 is 2.84 bits per heavy atom. The fourth-order valence-corrected chi connectivity index (χ4v) is 2.73. The number of nitrogens with two attached hydrogens (primary N) is 1. The summed E-state index contributed by atoms with van der Waals surface area (Å²) in [6.07, 6.45) is 7.60. The van der Waals surface area contributed by atoms with Crippen LogP contribution < -0.4 is 11.1 Å². The summed E-state index contributed by atoms with van der Waals surface area (Å²) in [5, 5.41) is 12.2. The van der Waals surface area contributed by atoms with Crippen LogP contribution in [0.3, 0.4) is 0 Å². The molecule has 1 aromatic rings. The van der Waals surface area contributed by atoms with Gasteiger partial charge in [-0.15, -0.1) is 0 Å². The van der Waals surface area contributed by atoms with Crippen molar-refractivity contribution in [1.29, 1.82) is 0 Å². The molecule has 0 heterocycles. The summed E-state index contributed by atoms with van der Waals surface area (Å²) in [5.41, 5.74) is 6.46. The van der Waals surface area contributed by atoms with E-state index in [9.17, 15) is 9.90 Å². The number of aromatic hydroxyl groups is 1. The smallest absolute Gasteiger partial charge is 0.253 e. The van der Waals surface area contributed by atoms with Crippen molar-refractivity contribution in [3.63, 3.8) is 0 Å². The zero-order valence-corrected chi connectivity index (χ0v) is 11.2. The summed E-state index contributed by atoms with van der Waals surface area (Å²) in [6, 6.07) is 4.43. The van der Waals surface area contributed by atoms with Crippen molar-refractivity contribution < 1.29 is 9.90 Å². The van der Waals surface area contributed by atoms with E-state index in [2.05, 4.69) is 5.32 Å². The Kier molecular flexibility index (Phi) is 4.66. The molecule has 1 aliphatic carbocycles. The summed E-state index contributed by atoms with van der Waals surface area (Å²) in [5.74, 6) is 0.702. The second-order valence-corrected chi connectivity index (χ2v) is 5.32. The lowest BCUT2D eigenvalue weighted by Gasteiger charge is -2.10. The summed E-state index contributed by atoms with van der Waals surface area (Å²) in [6.45, 7) is 0.671. The maximum absolute atomic E-state index is 11.9. The Balaban J connectivity index is 1.75. The fourth-order valence-electron chi connectivity index (χ4n) is 2.73. The van der Waals surface area contributed by atoms with E-state index in [0.29, 0.717) is 17.8 Å². The van der Waals surface area contributed by atoms with Crippen LogP contribution in [-0.4, -0.2) is 17.6 Å². The molecule has 1 aliphatic rings. The van der Waals surface area contributed by atoms with E-state index >= 15 is 0 Å². The van der Waals surface area contributed by atoms with E-state index in [0.717, 1.165) is 12.3 Å². The third-order valence-corrected chi connectivity index (χ3v) is 3.83. The number of phenols is 1. The Hall–Kier alpha value is -1.71. The molecule has 0 atom stereocenters. The molecule has 1 amide bonds. The van der Waals surface area contributed by atoms with E-state index in [-0.39, 0.29) is 11.7 Å². The predicted molar refractivity (Wildman–Crippen MR) is 76.0 cm³/mol. The van der Waals surface area contributed by atoms with Crippen LogP contribution in [0.1, 0.15) is 48.9 Å². The molecule has 0 bridgehead atoms. The number of benzene rings is 1. The average molecular weight is 262 g/mol. The summed E-state index contributed by atoms with van der Waals surface area (Å²) < 4.78 is 0. The minimum absolute atomic E-state index is 0.0605. The second-order valence-electron chi connectivity index (χ2n) is 5.32. The fraction of sp³-hybridized carbons (Fsp3) is 0.533. The Bertz CT molecular complexity index is 440. The summed E-state index contributed by atoms with van der Waals surface area (Å²) in [4.78, 5) is 11.9. The SMILES string of the molecule is Nc1ccc(O)cc1C(=O)NCCCC1CCCC1. The van der Waals surface area contributed by atoms with Crippen molar-refractivity contribution in [2.75, 3.05) is 12.3 Å². The van der Waals surface area contributed by atoms with Crippen LogP contribution in [0.5, 0.6) is 5.75 Å². The van der Waals surface area contributed by atoms with Gasteiger partial charge in [0.2, 0.25) is 0 Å². The van der Waals surface area contributed by atoms with Crippen LogP contribution in [0.25, 0.3) is 0 Å². The molecule has 0 aliphatic heterocycles. The molecule has 19 heavy (non-hydrogen) atoms. The lowest BCUT2D eigenvalue weighted by molar-refractivity contribution is 0.0953. The first-order valence-corrected chi connectivity index (χ1v) is 7.03. The van der Waals surface area contributed by atoms with E-state index in [1.165, 1.54) is 44.2 Å². The maximum atomic E-state index is 11.9. The van der Waals surface area contributed by atoms with Gasteiger partial charge in [-0.1, -0.05) is 25.7 Å². The number of phenolic OH excluding ortho intramolecular Hbond substituents is 1. The molecule has 0 spiro atoms. The van der Waals surface area contributed by atoms with Crippen molar-refractivity contribution in [2.24, 2.45) is 5.92 Å². The molecule has 4 heteroatoms. The molecule has 0 radical (unpaired) electrons. The van der Waals surface area contributed by atoms with Crippen LogP contribution in [0.2, 0.25) is 0 Å². The Morgan fingerprint density at radius 1 is 1.37 bits per heavy atom. The van der Waals surface area contributed by atoms with Crippen molar-refractivity contribution in [3.05, 3.63) is 23.8 Å². The van der Waals surface area contributed by atoms with Gasteiger partial charge in [-0.05, 0) is 37.0 Å². The number of carbonyl (C=O) groups is 1. The molecule has 0 unspecified atom stereocenters. The zero-order valence-electron chi connectivity index (χ0n) is 11.2. The number of carbonyl (C=O) groups excluding carboxylic acids is 1. The van der Waals surface area contributed by atoms with E-state index < -0.39 is 0 Å². The average Bonchev–Trinajstić information content (AvgIpc) is 2.90. The van der Waals surface area contributed by atoms with Gasteiger partial charge in [-0.3, -0.25) is 4.79 Å². The Morgan fingerprint density at radius 2 is 2.11 bits per heavy atom. The highest BCUT2D eigenvalue weighted by Gasteiger charge is 2.15. The standard InChI is InChI=1S/C15H22N2O2/c16-14-8-7-12(18)10-13(14)15(19)17-9-3-6-11-4-1-2-5-11/h7-8,10-11,18H,1-6,9,16H2,(H,17,19). The van der Waals surface area contributed by atoms with Crippen LogP contribution in [-0.2, 0) is 0 Å². The quantitative estimate of drug-likeness (QED) is 0.434. The maximum Gasteiger partial charge on any atom is 0.253 e. The predicted octanol–water partition coefficient (Wildman–Crippen LogP) is 2.67. The van der Waals surface area contributed by atoms with Gasteiger partial charge in [-0.2, -0.15) is 0 Å².